The van der Waals surface area contributed by atoms with Crippen LogP contribution in [0.25, 0.3) is 0 Å². The number of β-amino-alcohol motifs (C(OH)–C–C–N with tert-alkyl or cyclic N) is 1. The molecule has 36 heavy (non-hydrogen) atoms. The monoisotopic (exact) mass is 498 g/mol. The molecule has 1 fully saturated rings. The molecule has 2 aromatic carbocycles. The Bertz CT molecular complexity index is 1070. The summed E-state index contributed by atoms with van der Waals surface area (Å²) in [6, 6.07) is 10.3. The minimum Gasteiger partial charge on any atom is -0.493 e. The number of rotatable bonds is 9. The lowest BCUT2D eigenvalue weighted by Crippen LogP contribution is -2.48. The van der Waals surface area contributed by atoms with Gasteiger partial charge in [-0.15, -0.1) is 0 Å². The number of likely N-dealkylation sites (tertiary alicyclic amines) is 1. The maximum atomic E-state index is 13.0. The molecule has 2 atom stereocenters. The van der Waals surface area contributed by atoms with Crippen molar-refractivity contribution in [3.63, 3.8) is 0 Å². The van der Waals surface area contributed by atoms with E-state index in [1.165, 1.54) is 6.07 Å². The Kier molecular flexibility index (Phi) is 8.66. The van der Waals surface area contributed by atoms with Crippen LogP contribution in [0.15, 0.2) is 36.4 Å². The van der Waals surface area contributed by atoms with Crippen LogP contribution in [-0.4, -0.2) is 79.1 Å². The number of aryl methyl sites for hydroxylation is 1. The molecule has 4 rings (SSSR count). The lowest BCUT2D eigenvalue weighted by molar-refractivity contribution is 0.0204. The molecule has 0 bridgehead atoms. The molecule has 194 valence electrons. The maximum absolute atomic E-state index is 13.0. The van der Waals surface area contributed by atoms with Gasteiger partial charge in [0.1, 0.15) is 11.3 Å². The second kappa shape index (κ2) is 12.1. The van der Waals surface area contributed by atoms with Crippen LogP contribution in [0.4, 0.5) is 0 Å². The third-order valence-corrected chi connectivity index (χ3v) is 6.56. The van der Waals surface area contributed by atoms with Crippen LogP contribution < -0.4 is 19.5 Å². The Labute approximate surface area is 211 Å². The van der Waals surface area contributed by atoms with Gasteiger partial charge in [0.25, 0.3) is 5.91 Å². The molecule has 2 aromatic rings. The quantitative estimate of drug-likeness (QED) is 0.452. The largest absolute Gasteiger partial charge is 0.493 e. The molecule has 1 amide bonds. The van der Waals surface area contributed by atoms with Crippen LogP contribution in [0.1, 0.15) is 45.5 Å². The standard InChI is InChI=1S/C27H34N2O7/c1-18-14-21(25-24(15-18)35-12-5-13-36-25)26(31)28-16-19-8-10-29(17-22(19)30)9-4-11-34-23-7-3-2-6-20(23)27(32)33/h2-3,6-7,14-15,19,22,30H,4-5,8-13,16-17H2,1H3,(H,28,31)(H,32,33)/t19-,22+/m0/s1. The van der Waals surface area contributed by atoms with Gasteiger partial charge in [-0.1, -0.05) is 12.1 Å². The SMILES string of the molecule is Cc1cc2c(c(C(=O)NC[C@@H]3CCN(CCCOc4ccccc4C(=O)O)C[C@H]3O)c1)OCCCO2. The molecule has 9 heteroatoms. The van der Waals surface area contributed by atoms with Gasteiger partial charge in [-0.25, -0.2) is 4.79 Å². The van der Waals surface area contributed by atoms with E-state index in [0.717, 1.165) is 31.5 Å². The molecule has 0 aliphatic carbocycles. The number of benzene rings is 2. The summed E-state index contributed by atoms with van der Waals surface area (Å²) in [7, 11) is 0. The fourth-order valence-electron chi connectivity index (χ4n) is 4.63. The van der Waals surface area contributed by atoms with E-state index >= 15 is 0 Å². The van der Waals surface area contributed by atoms with Gasteiger partial charge in [0, 0.05) is 32.0 Å². The van der Waals surface area contributed by atoms with Crippen molar-refractivity contribution in [2.24, 2.45) is 5.92 Å². The maximum Gasteiger partial charge on any atom is 0.339 e. The van der Waals surface area contributed by atoms with Crippen molar-refractivity contribution in [1.29, 1.82) is 0 Å². The summed E-state index contributed by atoms with van der Waals surface area (Å²) in [5, 5.41) is 22.9. The third-order valence-electron chi connectivity index (χ3n) is 6.56. The minimum absolute atomic E-state index is 0.0375. The predicted molar refractivity (Wildman–Crippen MR) is 133 cm³/mol. The number of amides is 1. The molecule has 2 heterocycles. The summed E-state index contributed by atoms with van der Waals surface area (Å²) < 4.78 is 17.2. The third kappa shape index (κ3) is 6.47. The molecule has 1 saturated heterocycles. The number of aliphatic hydroxyl groups excluding tert-OH is 1. The van der Waals surface area contributed by atoms with Crippen molar-refractivity contribution in [3.05, 3.63) is 53.1 Å². The predicted octanol–water partition coefficient (Wildman–Crippen LogP) is 2.74. The summed E-state index contributed by atoms with van der Waals surface area (Å²) in [5.41, 5.74) is 1.54. The number of carbonyl (C=O) groups is 2. The summed E-state index contributed by atoms with van der Waals surface area (Å²) in [5.74, 6) is 0.169. The van der Waals surface area contributed by atoms with Gasteiger partial charge in [0.2, 0.25) is 0 Å². The second-order valence-corrected chi connectivity index (χ2v) is 9.32. The smallest absolute Gasteiger partial charge is 0.339 e. The van der Waals surface area contributed by atoms with E-state index in [9.17, 15) is 19.8 Å². The Morgan fingerprint density at radius 1 is 1.17 bits per heavy atom. The highest BCUT2D eigenvalue weighted by Gasteiger charge is 2.28. The number of carboxylic acid groups (broad SMARTS) is 1. The zero-order valence-corrected chi connectivity index (χ0v) is 20.6. The van der Waals surface area contributed by atoms with Gasteiger partial charge in [-0.3, -0.25) is 4.79 Å². The first-order valence-corrected chi connectivity index (χ1v) is 12.5. The number of hydrogen-bond donors (Lipinski definition) is 3. The average molecular weight is 499 g/mol. The first-order valence-electron chi connectivity index (χ1n) is 12.5. The Balaban J connectivity index is 1.22. The fraction of sp³-hybridized carbons (Fsp3) is 0.481. The van der Waals surface area contributed by atoms with Crippen molar-refractivity contribution in [2.75, 3.05) is 46.0 Å². The number of carbonyl (C=O) groups excluding carboxylic acids is 1. The van der Waals surface area contributed by atoms with Crippen molar-refractivity contribution < 1.29 is 34.0 Å². The van der Waals surface area contributed by atoms with E-state index in [0.29, 0.717) is 62.1 Å². The number of para-hydroxylation sites is 1. The summed E-state index contributed by atoms with van der Waals surface area (Å²) in [6.45, 7) is 5.81. The van der Waals surface area contributed by atoms with Gasteiger partial charge in [0.15, 0.2) is 11.5 Å². The lowest BCUT2D eigenvalue weighted by Gasteiger charge is -2.36. The Hall–Kier alpha value is -3.30. The normalized spacial score (nSPS) is 19.8. The Morgan fingerprint density at radius 3 is 2.78 bits per heavy atom. The van der Waals surface area contributed by atoms with Gasteiger partial charge < -0.3 is 34.6 Å². The molecular weight excluding hydrogens is 464 g/mol. The molecule has 2 aliphatic rings. The van der Waals surface area contributed by atoms with Crippen molar-refractivity contribution in [3.8, 4) is 17.2 Å². The summed E-state index contributed by atoms with van der Waals surface area (Å²) >= 11 is 0. The van der Waals surface area contributed by atoms with Gasteiger partial charge in [-0.2, -0.15) is 0 Å². The van der Waals surface area contributed by atoms with Crippen LogP contribution in [0.3, 0.4) is 0 Å². The van der Waals surface area contributed by atoms with Crippen LogP contribution >= 0.6 is 0 Å². The van der Waals surface area contributed by atoms with Gasteiger partial charge in [0.05, 0.1) is 31.5 Å². The number of ether oxygens (including phenoxy) is 3. The van der Waals surface area contributed by atoms with E-state index in [2.05, 4.69) is 10.2 Å². The van der Waals surface area contributed by atoms with E-state index in [1.54, 1.807) is 24.3 Å². The van der Waals surface area contributed by atoms with E-state index < -0.39 is 12.1 Å². The minimum atomic E-state index is -1.01. The molecule has 3 N–H and O–H groups in total. The fourth-order valence-corrected chi connectivity index (χ4v) is 4.63. The van der Waals surface area contributed by atoms with E-state index in [4.69, 9.17) is 14.2 Å². The van der Waals surface area contributed by atoms with Crippen molar-refractivity contribution >= 4 is 11.9 Å². The molecule has 0 saturated carbocycles. The lowest BCUT2D eigenvalue weighted by atomic mass is 9.93. The molecule has 0 unspecified atom stereocenters. The first kappa shape index (κ1) is 25.8. The number of carboxylic acids is 1. The zero-order valence-electron chi connectivity index (χ0n) is 20.6. The summed E-state index contributed by atoms with van der Waals surface area (Å²) in [6.07, 6.45) is 1.68. The first-order chi connectivity index (χ1) is 17.4. The number of fused-ring (bicyclic) bond motifs is 1. The number of hydrogen-bond acceptors (Lipinski definition) is 7. The highest BCUT2D eigenvalue weighted by Crippen LogP contribution is 2.34. The highest BCUT2D eigenvalue weighted by atomic mass is 16.5. The molecule has 0 radical (unpaired) electrons. The number of nitrogens with zero attached hydrogens (tertiary/aromatic N) is 1. The van der Waals surface area contributed by atoms with Gasteiger partial charge in [-0.05, 0) is 56.1 Å². The average Bonchev–Trinajstić information content (AvgIpc) is 3.11. The molecular formula is C27H34N2O7. The molecule has 2 aliphatic heterocycles. The van der Waals surface area contributed by atoms with Crippen LogP contribution in [0.5, 0.6) is 17.2 Å². The summed E-state index contributed by atoms with van der Waals surface area (Å²) in [4.78, 5) is 26.4. The van der Waals surface area contributed by atoms with Crippen LogP contribution in [0.2, 0.25) is 0 Å². The number of piperidine rings is 1. The second-order valence-electron chi connectivity index (χ2n) is 9.32. The molecule has 0 spiro atoms. The van der Waals surface area contributed by atoms with E-state index in [1.807, 2.05) is 13.0 Å². The zero-order chi connectivity index (χ0) is 25.5. The van der Waals surface area contributed by atoms with Crippen molar-refractivity contribution in [1.82, 2.24) is 10.2 Å². The van der Waals surface area contributed by atoms with Gasteiger partial charge >= 0.3 is 5.97 Å². The highest BCUT2D eigenvalue weighted by molar-refractivity contribution is 5.98. The van der Waals surface area contributed by atoms with Crippen molar-refractivity contribution in [2.45, 2.75) is 32.3 Å². The number of nitrogens with one attached hydrogen (secondary N) is 1. The van der Waals surface area contributed by atoms with Crippen LogP contribution in [0, 0.1) is 12.8 Å². The molecule has 9 nitrogen and oxygen atoms in total. The Morgan fingerprint density at radius 2 is 1.97 bits per heavy atom. The topological polar surface area (TPSA) is 118 Å². The van der Waals surface area contributed by atoms with Crippen LogP contribution in [-0.2, 0) is 0 Å². The molecule has 0 aromatic heterocycles. The number of aliphatic hydroxyl groups is 1. The van der Waals surface area contributed by atoms with E-state index in [-0.39, 0.29) is 17.4 Å². The number of aromatic carboxylic acids is 1.